The zero-order valence-corrected chi connectivity index (χ0v) is 19.6. The molecule has 1 aromatic rings. The molecule has 2 N–H and O–H groups in total. The number of benzene rings is 1. The maximum Gasteiger partial charge on any atom is 0.326 e. The number of carbonyl (C=O) groups is 3. The lowest BCUT2D eigenvalue weighted by atomic mass is 9.94. The van der Waals surface area contributed by atoms with Gasteiger partial charge in [0.15, 0.2) is 0 Å². The maximum absolute atomic E-state index is 13.4. The van der Waals surface area contributed by atoms with E-state index >= 15 is 0 Å². The van der Waals surface area contributed by atoms with Gasteiger partial charge in [-0.1, -0.05) is 49.6 Å². The van der Waals surface area contributed by atoms with E-state index in [0.717, 1.165) is 37.7 Å². The minimum absolute atomic E-state index is 0.0414. The SMILES string of the molecule is CCOC(=O)C(COCc1ccccc1)N[C@@H](C)C(=O)N1C(C(=O)O)CC2CCCCCC21. The van der Waals surface area contributed by atoms with E-state index in [1.807, 2.05) is 30.3 Å². The lowest BCUT2D eigenvalue weighted by Crippen LogP contribution is -2.56. The molecule has 1 aliphatic heterocycles. The lowest BCUT2D eigenvalue weighted by Gasteiger charge is -2.33. The van der Waals surface area contributed by atoms with Crippen LogP contribution in [0.25, 0.3) is 0 Å². The number of rotatable bonds is 10. The summed E-state index contributed by atoms with van der Waals surface area (Å²) >= 11 is 0. The van der Waals surface area contributed by atoms with Crippen LogP contribution in [0.15, 0.2) is 30.3 Å². The molecule has 33 heavy (non-hydrogen) atoms. The van der Waals surface area contributed by atoms with Crippen molar-refractivity contribution in [3.05, 3.63) is 35.9 Å². The van der Waals surface area contributed by atoms with E-state index in [4.69, 9.17) is 9.47 Å². The van der Waals surface area contributed by atoms with Gasteiger partial charge >= 0.3 is 11.9 Å². The number of likely N-dealkylation sites (tertiary alicyclic amines) is 1. The van der Waals surface area contributed by atoms with E-state index in [1.54, 1.807) is 18.7 Å². The van der Waals surface area contributed by atoms with E-state index in [0.29, 0.717) is 13.0 Å². The van der Waals surface area contributed by atoms with Gasteiger partial charge in [-0.2, -0.15) is 0 Å². The summed E-state index contributed by atoms with van der Waals surface area (Å²) in [5.74, 6) is -1.51. The molecule has 1 heterocycles. The molecule has 1 aliphatic carbocycles. The van der Waals surface area contributed by atoms with Crippen LogP contribution in [0.5, 0.6) is 0 Å². The highest BCUT2D eigenvalue weighted by molar-refractivity contribution is 5.88. The summed E-state index contributed by atoms with van der Waals surface area (Å²) in [7, 11) is 0. The summed E-state index contributed by atoms with van der Waals surface area (Å²) in [4.78, 5) is 39.5. The summed E-state index contributed by atoms with van der Waals surface area (Å²) in [5.41, 5.74) is 0.977. The molecular weight excluding hydrogens is 424 g/mol. The first-order chi connectivity index (χ1) is 15.9. The van der Waals surface area contributed by atoms with Gasteiger partial charge in [0.25, 0.3) is 0 Å². The van der Waals surface area contributed by atoms with Crippen molar-refractivity contribution in [3.63, 3.8) is 0 Å². The number of esters is 1. The van der Waals surface area contributed by atoms with Crippen LogP contribution >= 0.6 is 0 Å². The molecule has 182 valence electrons. The van der Waals surface area contributed by atoms with Crippen molar-refractivity contribution in [2.24, 2.45) is 5.92 Å². The Bertz CT molecular complexity index is 801. The Balaban J connectivity index is 1.67. The van der Waals surface area contributed by atoms with Crippen molar-refractivity contribution >= 4 is 17.8 Å². The van der Waals surface area contributed by atoms with Crippen molar-refractivity contribution in [2.75, 3.05) is 13.2 Å². The average molecular weight is 461 g/mol. The minimum atomic E-state index is -0.961. The first-order valence-corrected chi connectivity index (χ1v) is 12.0. The quantitative estimate of drug-likeness (QED) is 0.517. The van der Waals surface area contributed by atoms with Gasteiger partial charge in [0, 0.05) is 6.04 Å². The third-order valence-electron chi connectivity index (χ3n) is 6.67. The molecule has 1 saturated heterocycles. The number of carboxylic acids is 1. The van der Waals surface area contributed by atoms with Gasteiger partial charge in [0.2, 0.25) is 5.91 Å². The number of ether oxygens (including phenoxy) is 2. The summed E-state index contributed by atoms with van der Waals surface area (Å²) in [6.07, 6.45) is 5.47. The fourth-order valence-corrected chi connectivity index (χ4v) is 5.07. The summed E-state index contributed by atoms with van der Waals surface area (Å²) in [6.45, 7) is 3.99. The van der Waals surface area contributed by atoms with E-state index in [9.17, 15) is 19.5 Å². The predicted octanol–water partition coefficient (Wildman–Crippen LogP) is 2.75. The molecule has 0 aromatic heterocycles. The monoisotopic (exact) mass is 460 g/mol. The molecule has 0 radical (unpaired) electrons. The highest BCUT2D eigenvalue weighted by Gasteiger charge is 2.48. The third-order valence-corrected chi connectivity index (χ3v) is 6.67. The van der Waals surface area contributed by atoms with Gasteiger partial charge in [-0.3, -0.25) is 14.9 Å². The van der Waals surface area contributed by atoms with Crippen LogP contribution in [0.4, 0.5) is 0 Å². The number of amides is 1. The molecule has 4 unspecified atom stereocenters. The Morgan fingerprint density at radius 3 is 2.58 bits per heavy atom. The average Bonchev–Trinajstić information content (AvgIpc) is 3.01. The van der Waals surface area contributed by atoms with Crippen molar-refractivity contribution in [3.8, 4) is 0 Å². The molecule has 8 nitrogen and oxygen atoms in total. The maximum atomic E-state index is 13.4. The van der Waals surface area contributed by atoms with E-state index in [-0.39, 0.29) is 31.1 Å². The van der Waals surface area contributed by atoms with E-state index in [1.165, 1.54) is 0 Å². The number of aliphatic carboxylic acids is 1. The molecule has 0 spiro atoms. The molecule has 2 aliphatic rings. The number of nitrogens with one attached hydrogen (secondary N) is 1. The molecule has 1 aromatic carbocycles. The normalized spacial score (nSPS) is 24.4. The Hall–Kier alpha value is -2.45. The molecule has 3 rings (SSSR count). The number of nitrogens with zero attached hydrogens (tertiary/aromatic N) is 1. The summed E-state index contributed by atoms with van der Waals surface area (Å²) in [6, 6.07) is 7.16. The predicted molar refractivity (Wildman–Crippen MR) is 122 cm³/mol. The molecule has 5 atom stereocenters. The van der Waals surface area contributed by atoms with Crippen molar-refractivity contribution in [2.45, 2.75) is 83.1 Å². The van der Waals surface area contributed by atoms with Crippen LogP contribution in [0, 0.1) is 5.92 Å². The van der Waals surface area contributed by atoms with Gasteiger partial charge in [0.1, 0.15) is 12.1 Å². The van der Waals surface area contributed by atoms with Crippen LogP contribution in [0.2, 0.25) is 0 Å². The first-order valence-electron chi connectivity index (χ1n) is 12.0. The zero-order valence-electron chi connectivity index (χ0n) is 19.6. The molecule has 2 fully saturated rings. The van der Waals surface area contributed by atoms with Gasteiger partial charge in [0.05, 0.1) is 25.9 Å². The minimum Gasteiger partial charge on any atom is -0.480 e. The fraction of sp³-hybridized carbons (Fsp3) is 0.640. The second-order valence-corrected chi connectivity index (χ2v) is 8.99. The van der Waals surface area contributed by atoms with E-state index in [2.05, 4.69) is 5.32 Å². The highest BCUT2D eigenvalue weighted by Crippen LogP contribution is 2.39. The Morgan fingerprint density at radius 1 is 1.15 bits per heavy atom. The zero-order chi connectivity index (χ0) is 23.8. The lowest BCUT2D eigenvalue weighted by molar-refractivity contribution is -0.152. The van der Waals surface area contributed by atoms with Crippen molar-refractivity contribution in [1.82, 2.24) is 10.2 Å². The van der Waals surface area contributed by atoms with Gasteiger partial charge in [-0.15, -0.1) is 0 Å². The van der Waals surface area contributed by atoms with Crippen molar-refractivity contribution < 1.29 is 29.0 Å². The Kier molecular flexibility index (Phi) is 9.26. The number of carbonyl (C=O) groups excluding carboxylic acids is 2. The molecule has 1 saturated carbocycles. The van der Waals surface area contributed by atoms with Crippen molar-refractivity contribution in [1.29, 1.82) is 0 Å². The highest BCUT2D eigenvalue weighted by atomic mass is 16.5. The Labute approximate surface area is 195 Å². The third kappa shape index (κ3) is 6.54. The second kappa shape index (κ2) is 12.1. The molecule has 1 amide bonds. The fourth-order valence-electron chi connectivity index (χ4n) is 5.07. The smallest absolute Gasteiger partial charge is 0.326 e. The van der Waals surface area contributed by atoms with Crippen LogP contribution in [0.3, 0.4) is 0 Å². The second-order valence-electron chi connectivity index (χ2n) is 8.99. The number of hydrogen-bond acceptors (Lipinski definition) is 6. The van der Waals surface area contributed by atoms with Crippen LogP contribution in [-0.2, 0) is 30.5 Å². The van der Waals surface area contributed by atoms with Gasteiger partial charge < -0.3 is 19.5 Å². The largest absolute Gasteiger partial charge is 0.480 e. The summed E-state index contributed by atoms with van der Waals surface area (Å²) < 4.78 is 10.9. The topological polar surface area (TPSA) is 105 Å². The molecule has 0 bridgehead atoms. The summed E-state index contributed by atoms with van der Waals surface area (Å²) in [5, 5.41) is 12.8. The number of hydrogen-bond donors (Lipinski definition) is 2. The van der Waals surface area contributed by atoms with Gasteiger partial charge in [-0.25, -0.2) is 4.79 Å². The van der Waals surface area contributed by atoms with Crippen LogP contribution < -0.4 is 5.32 Å². The van der Waals surface area contributed by atoms with Gasteiger partial charge in [-0.05, 0) is 44.6 Å². The van der Waals surface area contributed by atoms with Crippen LogP contribution in [-0.4, -0.2) is 65.2 Å². The standard InChI is InChI=1S/C25H36N2O6/c1-3-33-25(31)20(16-32-15-18-10-6-4-7-11-18)26-17(2)23(28)27-21-13-9-5-8-12-19(21)14-22(27)24(29)30/h4,6-7,10-11,17,19-22,26H,3,5,8-9,12-16H2,1-2H3,(H,29,30)/t17-,19?,20?,21?,22?/m0/s1. The van der Waals surface area contributed by atoms with Crippen LogP contribution in [0.1, 0.15) is 57.9 Å². The molecular formula is C25H36N2O6. The first kappa shape index (κ1) is 25.2. The molecule has 8 heteroatoms. The number of carboxylic acid groups (broad SMARTS) is 1. The van der Waals surface area contributed by atoms with E-state index < -0.39 is 30.1 Å². The number of fused-ring (bicyclic) bond motifs is 1. The Morgan fingerprint density at radius 2 is 1.88 bits per heavy atom.